The van der Waals surface area contributed by atoms with E-state index in [1.54, 1.807) is 4.88 Å². The molecule has 1 unspecified atom stereocenters. The van der Waals surface area contributed by atoms with Gasteiger partial charge >= 0.3 is 0 Å². The van der Waals surface area contributed by atoms with E-state index in [2.05, 4.69) is 44.0 Å². The van der Waals surface area contributed by atoms with Crippen molar-refractivity contribution in [3.8, 4) is 0 Å². The third-order valence-corrected chi connectivity index (χ3v) is 7.45. The van der Waals surface area contributed by atoms with Crippen LogP contribution >= 0.6 is 11.3 Å². The Hall–Kier alpha value is -1.82. The Morgan fingerprint density at radius 2 is 2.22 bits per heavy atom. The molecule has 0 radical (unpaired) electrons. The van der Waals surface area contributed by atoms with Crippen LogP contribution in [0.5, 0.6) is 0 Å². The van der Waals surface area contributed by atoms with Gasteiger partial charge in [0.15, 0.2) is 5.96 Å². The van der Waals surface area contributed by atoms with E-state index in [9.17, 15) is 0 Å². The zero-order valence-electron chi connectivity index (χ0n) is 16.5. The molecule has 5 nitrogen and oxygen atoms in total. The second kappa shape index (κ2) is 8.05. The van der Waals surface area contributed by atoms with E-state index in [0.717, 1.165) is 25.6 Å². The Morgan fingerprint density at radius 3 is 2.89 bits per heavy atom. The highest BCUT2D eigenvalue weighted by molar-refractivity contribution is 7.10. The lowest BCUT2D eigenvalue weighted by atomic mass is 9.73. The van der Waals surface area contributed by atoms with E-state index >= 15 is 0 Å². The first kappa shape index (κ1) is 18.5. The minimum Gasteiger partial charge on any atom is -0.355 e. The molecule has 0 bridgehead atoms. The highest BCUT2D eigenvalue weighted by atomic mass is 32.1. The van der Waals surface area contributed by atoms with Crippen LogP contribution in [0.3, 0.4) is 0 Å². The van der Waals surface area contributed by atoms with Gasteiger partial charge in [0.1, 0.15) is 0 Å². The van der Waals surface area contributed by atoms with Crippen molar-refractivity contribution in [2.45, 2.75) is 49.9 Å². The van der Waals surface area contributed by atoms with Crippen molar-refractivity contribution in [3.63, 3.8) is 0 Å². The van der Waals surface area contributed by atoms with Crippen molar-refractivity contribution in [2.75, 3.05) is 26.7 Å². The summed E-state index contributed by atoms with van der Waals surface area (Å²) < 4.78 is 1.90. The van der Waals surface area contributed by atoms with Gasteiger partial charge in [-0.05, 0) is 36.3 Å². The molecule has 0 amide bonds. The van der Waals surface area contributed by atoms with Crippen LogP contribution in [-0.2, 0) is 12.5 Å². The average molecular weight is 386 g/mol. The Kier molecular flexibility index (Phi) is 5.53. The third kappa shape index (κ3) is 3.91. The molecule has 1 N–H and O–H groups in total. The van der Waals surface area contributed by atoms with E-state index in [1.165, 1.54) is 44.1 Å². The Balaban J connectivity index is 1.41. The number of hydrogen-bond acceptors (Lipinski definition) is 3. The normalized spacial score (nSPS) is 23.0. The Morgan fingerprint density at radius 1 is 1.37 bits per heavy atom. The van der Waals surface area contributed by atoms with Gasteiger partial charge in [-0.3, -0.25) is 9.67 Å². The van der Waals surface area contributed by atoms with Crippen LogP contribution < -0.4 is 5.32 Å². The molecule has 27 heavy (non-hydrogen) atoms. The summed E-state index contributed by atoms with van der Waals surface area (Å²) in [5.41, 5.74) is 1.63. The highest BCUT2D eigenvalue weighted by Gasteiger charge is 2.36. The molecule has 6 heteroatoms. The maximum absolute atomic E-state index is 4.61. The summed E-state index contributed by atoms with van der Waals surface area (Å²) in [5.74, 6) is 1.61. The number of aryl methyl sites for hydroxylation is 1. The Bertz CT molecular complexity index is 757. The molecule has 1 saturated carbocycles. The van der Waals surface area contributed by atoms with Crippen LogP contribution in [0.15, 0.2) is 34.9 Å². The molecular weight excluding hydrogens is 354 g/mol. The lowest BCUT2D eigenvalue weighted by molar-refractivity contribution is 0.293. The van der Waals surface area contributed by atoms with Crippen molar-refractivity contribution in [1.29, 1.82) is 0 Å². The monoisotopic (exact) mass is 385 g/mol. The molecular formula is C21H31N5S. The van der Waals surface area contributed by atoms with Crippen LogP contribution in [0.25, 0.3) is 0 Å². The van der Waals surface area contributed by atoms with Gasteiger partial charge in [0.05, 0.1) is 6.20 Å². The van der Waals surface area contributed by atoms with Crippen LogP contribution in [0.1, 0.15) is 54.9 Å². The van der Waals surface area contributed by atoms with Crippen LogP contribution in [-0.4, -0.2) is 47.3 Å². The molecule has 0 aromatic carbocycles. The molecule has 2 fully saturated rings. The van der Waals surface area contributed by atoms with Gasteiger partial charge < -0.3 is 10.2 Å². The SMILES string of the molecule is CN=C(NCC1(c2cccs2)CCCCC1)N1CCC(c2cnn(C)c2)C1. The summed E-state index contributed by atoms with van der Waals surface area (Å²) in [4.78, 5) is 8.57. The van der Waals surface area contributed by atoms with Gasteiger partial charge in [0, 0.05) is 56.1 Å². The topological polar surface area (TPSA) is 45.5 Å². The van der Waals surface area contributed by atoms with Crippen LogP contribution in [0.4, 0.5) is 0 Å². The maximum atomic E-state index is 4.61. The highest BCUT2D eigenvalue weighted by Crippen LogP contribution is 2.41. The first-order valence-corrected chi connectivity index (χ1v) is 11.1. The summed E-state index contributed by atoms with van der Waals surface area (Å²) >= 11 is 1.92. The van der Waals surface area contributed by atoms with Gasteiger partial charge in [-0.15, -0.1) is 11.3 Å². The molecule has 1 aliphatic carbocycles. The van der Waals surface area contributed by atoms with Gasteiger partial charge in [0.25, 0.3) is 0 Å². The number of aromatic nitrogens is 2. The fraction of sp³-hybridized carbons (Fsp3) is 0.619. The smallest absolute Gasteiger partial charge is 0.193 e. The molecule has 1 aliphatic heterocycles. The molecule has 2 aromatic rings. The first-order valence-electron chi connectivity index (χ1n) is 10.2. The number of guanidine groups is 1. The number of thiophene rings is 1. The number of hydrogen-bond donors (Lipinski definition) is 1. The van der Waals surface area contributed by atoms with E-state index in [4.69, 9.17) is 0 Å². The summed E-state index contributed by atoms with van der Waals surface area (Å²) in [6.07, 6.45) is 12.0. The van der Waals surface area contributed by atoms with Gasteiger partial charge in [-0.1, -0.05) is 25.3 Å². The minimum absolute atomic E-state index is 0.283. The minimum atomic E-state index is 0.283. The lowest BCUT2D eigenvalue weighted by Gasteiger charge is -2.38. The zero-order valence-corrected chi connectivity index (χ0v) is 17.3. The first-order chi connectivity index (χ1) is 13.2. The zero-order chi connectivity index (χ0) is 18.7. The van der Waals surface area contributed by atoms with Crippen molar-refractivity contribution in [1.82, 2.24) is 20.0 Å². The van der Waals surface area contributed by atoms with Crippen molar-refractivity contribution < 1.29 is 0 Å². The van der Waals surface area contributed by atoms with Gasteiger partial charge in [0.2, 0.25) is 0 Å². The summed E-state index contributed by atoms with van der Waals surface area (Å²) in [5, 5.41) is 10.3. The van der Waals surface area contributed by atoms with Crippen LogP contribution in [0.2, 0.25) is 0 Å². The van der Waals surface area contributed by atoms with Gasteiger partial charge in [-0.2, -0.15) is 5.10 Å². The molecule has 3 heterocycles. The van der Waals surface area contributed by atoms with Crippen molar-refractivity contribution in [2.24, 2.45) is 12.0 Å². The predicted octanol–water partition coefficient (Wildman–Crippen LogP) is 3.75. The second-order valence-electron chi connectivity index (χ2n) is 8.10. The largest absolute Gasteiger partial charge is 0.355 e. The molecule has 2 aliphatic rings. The maximum Gasteiger partial charge on any atom is 0.193 e. The molecule has 0 spiro atoms. The number of aliphatic imine (C=N–C) groups is 1. The number of rotatable bonds is 4. The molecule has 4 rings (SSSR count). The Labute approximate surface area is 166 Å². The van der Waals surface area contributed by atoms with E-state index in [0.29, 0.717) is 5.92 Å². The van der Waals surface area contributed by atoms with Crippen molar-refractivity contribution in [3.05, 3.63) is 40.3 Å². The third-order valence-electron chi connectivity index (χ3n) is 6.34. The summed E-state index contributed by atoms with van der Waals surface area (Å²) in [7, 11) is 3.91. The van der Waals surface area contributed by atoms with E-state index < -0.39 is 0 Å². The molecule has 1 atom stereocenters. The van der Waals surface area contributed by atoms with Crippen LogP contribution in [0, 0.1) is 0 Å². The lowest BCUT2D eigenvalue weighted by Crippen LogP contribution is -2.47. The fourth-order valence-electron chi connectivity index (χ4n) is 4.78. The number of nitrogens with zero attached hydrogens (tertiary/aromatic N) is 4. The second-order valence-corrected chi connectivity index (χ2v) is 9.05. The predicted molar refractivity (Wildman–Crippen MR) is 113 cm³/mol. The number of nitrogens with one attached hydrogen (secondary N) is 1. The summed E-state index contributed by atoms with van der Waals surface area (Å²) in [6, 6.07) is 4.53. The van der Waals surface area contributed by atoms with Crippen molar-refractivity contribution >= 4 is 17.3 Å². The van der Waals surface area contributed by atoms with E-state index in [1.807, 2.05) is 36.3 Å². The average Bonchev–Trinajstić information content (AvgIpc) is 3.45. The summed E-state index contributed by atoms with van der Waals surface area (Å²) in [6.45, 7) is 3.08. The number of likely N-dealkylation sites (tertiary alicyclic amines) is 1. The standard InChI is InChI=1S/C21H31N5S/c1-22-20(26-11-8-17(15-26)18-13-24-25(2)14-18)23-16-21(9-4-3-5-10-21)19-7-6-12-27-19/h6-7,12-14,17H,3-5,8-11,15-16H2,1-2H3,(H,22,23). The molecule has 2 aromatic heterocycles. The van der Waals surface area contributed by atoms with Gasteiger partial charge in [-0.25, -0.2) is 0 Å². The fourth-order valence-corrected chi connectivity index (χ4v) is 5.76. The quantitative estimate of drug-likeness (QED) is 0.644. The van der Waals surface area contributed by atoms with E-state index in [-0.39, 0.29) is 5.41 Å². The molecule has 146 valence electrons. The molecule has 1 saturated heterocycles.